The molecule has 3 aliphatic rings. The lowest BCUT2D eigenvalue weighted by Crippen LogP contribution is -2.19. The largest absolute Gasteiger partial charge is 0.497 e. The fourth-order valence-corrected chi connectivity index (χ4v) is 5.05. The first-order valence-corrected chi connectivity index (χ1v) is 10.9. The van der Waals surface area contributed by atoms with E-state index in [9.17, 15) is 4.79 Å². The van der Waals surface area contributed by atoms with Crippen LogP contribution < -0.4 is 14.9 Å². The Bertz CT molecular complexity index is 1290. The molecule has 0 fully saturated rings. The van der Waals surface area contributed by atoms with Crippen LogP contribution in [0.5, 0.6) is 11.5 Å². The number of rotatable bonds is 3. The van der Waals surface area contributed by atoms with E-state index in [1.807, 2.05) is 30.3 Å². The number of aromatic nitrogens is 1. The van der Waals surface area contributed by atoms with Crippen LogP contribution in [0, 0.1) is 3.57 Å². The fraction of sp³-hybridized carbons (Fsp3) is 0.160. The van der Waals surface area contributed by atoms with Crippen LogP contribution in [0.2, 0.25) is 0 Å². The highest BCUT2D eigenvalue weighted by molar-refractivity contribution is 14.1. The first-order valence-electron chi connectivity index (χ1n) is 9.79. The number of nitrogens with zero attached hydrogens (tertiary/aromatic N) is 1. The van der Waals surface area contributed by atoms with Gasteiger partial charge in [0, 0.05) is 28.9 Å². The quantitative estimate of drug-likeness (QED) is 0.345. The Morgan fingerprint density at radius 1 is 0.900 bits per heavy atom. The van der Waals surface area contributed by atoms with E-state index in [4.69, 9.17) is 9.47 Å². The van der Waals surface area contributed by atoms with E-state index in [2.05, 4.69) is 57.5 Å². The topological polar surface area (TPSA) is 40.5 Å². The molecular weight excluding hydrogens is 489 g/mol. The molecule has 0 saturated carbocycles. The van der Waals surface area contributed by atoms with Crippen molar-refractivity contribution in [2.24, 2.45) is 0 Å². The van der Waals surface area contributed by atoms with Crippen LogP contribution in [-0.4, -0.2) is 18.8 Å². The number of ether oxygens (including phenoxy) is 2. The third-order valence-corrected chi connectivity index (χ3v) is 6.85. The van der Waals surface area contributed by atoms with Crippen LogP contribution in [0.4, 0.5) is 0 Å². The average Bonchev–Trinajstić information content (AvgIpc) is 2.80. The molecule has 1 aliphatic carbocycles. The van der Waals surface area contributed by atoms with Crippen molar-refractivity contribution in [2.75, 3.05) is 14.2 Å². The summed E-state index contributed by atoms with van der Waals surface area (Å²) in [5.74, 6) is 1.25. The number of benzene rings is 3. The van der Waals surface area contributed by atoms with Crippen molar-refractivity contribution < 1.29 is 9.47 Å². The highest BCUT2D eigenvalue weighted by Crippen LogP contribution is 2.43. The SMILES string of the molecule is COc1ccc2c(c1)CCn1c-2cc2c(I)c(=O)c(OC)cc-2c1-c1ccccc1. The number of methoxy groups -OCH3 is 2. The van der Waals surface area contributed by atoms with Crippen molar-refractivity contribution >= 4 is 22.6 Å². The van der Waals surface area contributed by atoms with Crippen LogP contribution in [0.15, 0.2) is 65.5 Å². The van der Waals surface area contributed by atoms with Crippen molar-refractivity contribution in [1.29, 1.82) is 0 Å². The number of aryl methyl sites for hydroxylation is 1. The molecule has 0 atom stereocenters. The van der Waals surface area contributed by atoms with Gasteiger partial charge in [-0.15, -0.1) is 0 Å². The highest BCUT2D eigenvalue weighted by atomic mass is 127. The summed E-state index contributed by atoms with van der Waals surface area (Å²) in [5.41, 5.74) is 7.71. The van der Waals surface area contributed by atoms with E-state index in [0.29, 0.717) is 9.32 Å². The maximum atomic E-state index is 12.8. The molecule has 4 nitrogen and oxygen atoms in total. The molecule has 5 heteroatoms. The number of halogens is 1. The summed E-state index contributed by atoms with van der Waals surface area (Å²) < 4.78 is 13.9. The third-order valence-electron chi connectivity index (χ3n) is 5.78. The van der Waals surface area contributed by atoms with Gasteiger partial charge in [0.15, 0.2) is 5.75 Å². The summed E-state index contributed by atoms with van der Waals surface area (Å²) in [4.78, 5) is 12.8. The van der Waals surface area contributed by atoms with Crippen molar-refractivity contribution in [3.63, 3.8) is 0 Å². The zero-order valence-corrected chi connectivity index (χ0v) is 18.9. The zero-order valence-electron chi connectivity index (χ0n) is 16.7. The predicted octanol–water partition coefficient (Wildman–Crippen LogP) is 5.47. The normalized spacial score (nSPS) is 12.4. The molecule has 0 radical (unpaired) electrons. The molecule has 2 aliphatic heterocycles. The van der Waals surface area contributed by atoms with Gasteiger partial charge in [-0.1, -0.05) is 30.3 Å². The minimum atomic E-state index is -0.0691. The second-order valence-electron chi connectivity index (χ2n) is 7.35. The van der Waals surface area contributed by atoms with Gasteiger partial charge in [-0.05, 0) is 70.5 Å². The highest BCUT2D eigenvalue weighted by Gasteiger charge is 2.26. The van der Waals surface area contributed by atoms with E-state index in [1.54, 1.807) is 14.2 Å². The third kappa shape index (κ3) is 2.91. The Hall–Kier alpha value is -2.80. The Labute approximate surface area is 188 Å². The monoisotopic (exact) mass is 509 g/mol. The molecule has 5 rings (SSSR count). The van der Waals surface area contributed by atoms with Crippen molar-refractivity contribution in [2.45, 2.75) is 13.0 Å². The number of hydrogen-bond acceptors (Lipinski definition) is 3. The molecular formula is C25H20INO3. The van der Waals surface area contributed by atoms with E-state index in [0.717, 1.165) is 46.8 Å². The smallest absolute Gasteiger partial charge is 0.234 e. The fourth-order valence-electron chi connectivity index (χ4n) is 4.34. The Morgan fingerprint density at radius 3 is 2.43 bits per heavy atom. The minimum Gasteiger partial charge on any atom is -0.497 e. The van der Waals surface area contributed by atoms with Crippen LogP contribution in [-0.2, 0) is 13.0 Å². The summed E-state index contributed by atoms with van der Waals surface area (Å²) in [7, 11) is 3.25. The number of hydrogen-bond donors (Lipinski definition) is 0. The van der Waals surface area contributed by atoms with Gasteiger partial charge < -0.3 is 14.0 Å². The molecule has 2 heterocycles. The second kappa shape index (κ2) is 7.47. The van der Waals surface area contributed by atoms with Gasteiger partial charge in [-0.3, -0.25) is 4.79 Å². The van der Waals surface area contributed by atoms with E-state index in [-0.39, 0.29) is 5.43 Å². The Morgan fingerprint density at radius 2 is 1.70 bits per heavy atom. The van der Waals surface area contributed by atoms with Crippen LogP contribution in [0.1, 0.15) is 5.56 Å². The van der Waals surface area contributed by atoms with Crippen molar-refractivity contribution in [3.8, 4) is 45.1 Å². The molecule has 2 aromatic carbocycles. The van der Waals surface area contributed by atoms with Crippen LogP contribution in [0.25, 0.3) is 33.6 Å². The first-order chi connectivity index (χ1) is 14.6. The van der Waals surface area contributed by atoms with Crippen molar-refractivity contribution in [3.05, 3.63) is 80.0 Å². The molecule has 2 aromatic rings. The van der Waals surface area contributed by atoms with Gasteiger partial charge in [0.1, 0.15) is 5.75 Å². The van der Waals surface area contributed by atoms with Crippen LogP contribution in [0.3, 0.4) is 0 Å². The number of pyridine rings is 1. The summed E-state index contributed by atoms with van der Waals surface area (Å²) in [6.45, 7) is 0.855. The number of fused-ring (bicyclic) bond motifs is 4. The predicted molar refractivity (Wildman–Crippen MR) is 128 cm³/mol. The molecule has 150 valence electrons. The Kier molecular flexibility index (Phi) is 4.77. The average molecular weight is 509 g/mol. The van der Waals surface area contributed by atoms with Gasteiger partial charge >= 0.3 is 0 Å². The molecule has 0 bridgehead atoms. The molecule has 0 amide bonds. The zero-order chi connectivity index (χ0) is 20.8. The summed E-state index contributed by atoms with van der Waals surface area (Å²) in [6.07, 6.45) is 0.920. The van der Waals surface area contributed by atoms with Crippen LogP contribution >= 0.6 is 22.6 Å². The van der Waals surface area contributed by atoms with E-state index < -0.39 is 0 Å². The minimum absolute atomic E-state index is 0.0691. The molecule has 0 unspecified atom stereocenters. The van der Waals surface area contributed by atoms with Gasteiger partial charge in [0.05, 0.1) is 23.5 Å². The Balaban J connectivity index is 1.91. The lowest BCUT2D eigenvalue weighted by atomic mass is 9.90. The molecule has 0 N–H and O–H groups in total. The van der Waals surface area contributed by atoms with E-state index >= 15 is 0 Å². The molecule has 30 heavy (non-hydrogen) atoms. The standard InChI is InChI=1S/C25H20INO3/c1-29-17-8-9-18-16(12-17)10-11-27-21(18)13-19-20(14-22(30-2)25(28)23(19)26)24(27)15-6-4-3-5-7-15/h3-9,12-14H,10-11H2,1-2H3. The van der Waals surface area contributed by atoms with Gasteiger partial charge in [0.2, 0.25) is 5.43 Å². The van der Waals surface area contributed by atoms with Gasteiger partial charge in [0.25, 0.3) is 0 Å². The van der Waals surface area contributed by atoms with E-state index in [1.165, 1.54) is 11.1 Å². The summed E-state index contributed by atoms with van der Waals surface area (Å²) >= 11 is 2.15. The second-order valence-corrected chi connectivity index (χ2v) is 8.43. The van der Waals surface area contributed by atoms with Crippen molar-refractivity contribution in [1.82, 2.24) is 4.57 Å². The first kappa shape index (κ1) is 19.2. The summed E-state index contributed by atoms with van der Waals surface area (Å²) in [5, 5.41) is 0. The lowest BCUT2D eigenvalue weighted by Gasteiger charge is -2.30. The van der Waals surface area contributed by atoms with Gasteiger partial charge in [-0.25, -0.2) is 0 Å². The molecule has 0 aromatic heterocycles. The maximum Gasteiger partial charge on any atom is 0.234 e. The lowest BCUT2D eigenvalue weighted by molar-refractivity contribution is 0.410. The summed E-state index contributed by atoms with van der Waals surface area (Å²) in [6, 6.07) is 20.6. The molecule has 0 spiro atoms. The maximum absolute atomic E-state index is 12.8. The van der Waals surface area contributed by atoms with Gasteiger partial charge in [-0.2, -0.15) is 0 Å². The molecule has 0 saturated heterocycles.